The molecule has 1 aromatic carbocycles. The zero-order valence-electron chi connectivity index (χ0n) is 10.4. The van der Waals surface area contributed by atoms with Gasteiger partial charge < -0.3 is 9.47 Å². The van der Waals surface area contributed by atoms with Crippen LogP contribution in [0.5, 0.6) is 0 Å². The molecule has 0 bridgehead atoms. The molecule has 2 nitrogen and oxygen atoms in total. The van der Waals surface area contributed by atoms with Crippen molar-refractivity contribution in [3.63, 3.8) is 0 Å². The van der Waals surface area contributed by atoms with E-state index < -0.39 is 0 Å². The molecule has 2 rings (SSSR count). The Labute approximate surface area is 104 Å². The summed E-state index contributed by atoms with van der Waals surface area (Å²) in [5.41, 5.74) is 1.36. The van der Waals surface area contributed by atoms with Crippen LogP contribution < -0.4 is 0 Å². The first-order valence-corrected chi connectivity index (χ1v) is 6.59. The minimum Gasteiger partial charge on any atom is -0.379 e. The van der Waals surface area contributed by atoms with E-state index in [1.807, 2.05) is 12.1 Å². The lowest BCUT2D eigenvalue weighted by Crippen LogP contribution is -2.23. The van der Waals surface area contributed by atoms with E-state index in [2.05, 4.69) is 18.2 Å². The van der Waals surface area contributed by atoms with Crippen molar-refractivity contribution in [2.45, 2.75) is 38.2 Å². The lowest BCUT2D eigenvalue weighted by Gasteiger charge is -2.25. The van der Waals surface area contributed by atoms with E-state index in [1.165, 1.54) is 24.8 Å². The van der Waals surface area contributed by atoms with Gasteiger partial charge in [-0.3, -0.25) is 0 Å². The van der Waals surface area contributed by atoms with Gasteiger partial charge >= 0.3 is 0 Å². The van der Waals surface area contributed by atoms with Gasteiger partial charge in [0.1, 0.15) is 0 Å². The highest BCUT2D eigenvalue weighted by atomic mass is 16.5. The molecule has 0 amide bonds. The molecule has 1 aliphatic carbocycles. The smallest absolute Gasteiger partial charge is 0.0704 e. The summed E-state index contributed by atoms with van der Waals surface area (Å²) < 4.78 is 11.2. The van der Waals surface area contributed by atoms with Gasteiger partial charge in [0.05, 0.1) is 19.3 Å². The summed E-state index contributed by atoms with van der Waals surface area (Å²) in [6, 6.07) is 11.2. The number of benzene rings is 1. The van der Waals surface area contributed by atoms with Crippen LogP contribution in [0.25, 0.3) is 0 Å². The van der Waals surface area contributed by atoms with Gasteiger partial charge in [-0.15, -0.1) is 0 Å². The molecule has 1 radical (unpaired) electrons. The lowest BCUT2D eigenvalue weighted by atomic mass is 9.96. The highest BCUT2D eigenvalue weighted by Crippen LogP contribution is 2.21. The van der Waals surface area contributed by atoms with Crippen molar-refractivity contribution in [3.8, 4) is 0 Å². The second kappa shape index (κ2) is 7.46. The van der Waals surface area contributed by atoms with E-state index in [0.717, 1.165) is 32.7 Å². The average molecular weight is 233 g/mol. The maximum Gasteiger partial charge on any atom is 0.0704 e. The van der Waals surface area contributed by atoms with Crippen molar-refractivity contribution in [2.75, 3.05) is 19.8 Å². The van der Waals surface area contributed by atoms with E-state index >= 15 is 0 Å². The first-order valence-electron chi connectivity index (χ1n) is 6.59. The predicted molar refractivity (Wildman–Crippen MR) is 68.0 cm³/mol. The zero-order chi connectivity index (χ0) is 11.8. The molecule has 0 saturated heterocycles. The summed E-state index contributed by atoms with van der Waals surface area (Å²) >= 11 is 0. The second-order valence-corrected chi connectivity index (χ2v) is 4.55. The Morgan fingerprint density at radius 1 is 1.12 bits per heavy atom. The summed E-state index contributed by atoms with van der Waals surface area (Å²) in [6.07, 6.45) is 6.50. The van der Waals surface area contributed by atoms with Crippen molar-refractivity contribution in [1.29, 1.82) is 0 Å². The molecule has 0 aromatic heterocycles. The largest absolute Gasteiger partial charge is 0.379 e. The third-order valence-corrected chi connectivity index (χ3v) is 3.17. The fraction of sp³-hybridized carbons (Fsp3) is 0.600. The average Bonchev–Trinajstić information content (AvgIpc) is 2.31. The number of rotatable bonds is 8. The van der Waals surface area contributed by atoms with E-state index in [1.54, 1.807) is 0 Å². The molecule has 17 heavy (non-hydrogen) atoms. The van der Waals surface area contributed by atoms with Crippen LogP contribution in [0.3, 0.4) is 0 Å². The minimum absolute atomic E-state index is 0.527. The van der Waals surface area contributed by atoms with E-state index in [4.69, 9.17) is 9.47 Å². The van der Waals surface area contributed by atoms with Crippen LogP contribution in [0.15, 0.2) is 24.3 Å². The van der Waals surface area contributed by atoms with Gasteiger partial charge in [0.15, 0.2) is 0 Å². The third kappa shape index (κ3) is 4.88. The summed E-state index contributed by atoms with van der Waals surface area (Å²) in [6.45, 7) is 2.32. The topological polar surface area (TPSA) is 18.5 Å². The van der Waals surface area contributed by atoms with E-state index in [9.17, 15) is 0 Å². The fourth-order valence-corrected chi connectivity index (χ4v) is 1.88. The van der Waals surface area contributed by atoms with Crippen LogP contribution in [-0.2, 0) is 15.9 Å². The van der Waals surface area contributed by atoms with Gasteiger partial charge in [-0.05, 0) is 43.7 Å². The third-order valence-electron chi connectivity index (χ3n) is 3.17. The van der Waals surface area contributed by atoms with Crippen molar-refractivity contribution >= 4 is 0 Å². The summed E-state index contributed by atoms with van der Waals surface area (Å²) in [5.74, 6) is 0. The number of hydrogen-bond donors (Lipinski definition) is 0. The predicted octanol–water partition coefficient (Wildman–Crippen LogP) is 3.01. The maximum atomic E-state index is 5.61. The fourth-order valence-electron chi connectivity index (χ4n) is 1.88. The lowest BCUT2D eigenvalue weighted by molar-refractivity contribution is -0.0288. The van der Waals surface area contributed by atoms with Gasteiger partial charge in [0.25, 0.3) is 0 Å². The maximum absolute atomic E-state index is 5.61. The first kappa shape index (κ1) is 12.6. The van der Waals surface area contributed by atoms with Gasteiger partial charge in [-0.1, -0.05) is 24.3 Å². The van der Waals surface area contributed by atoms with Crippen molar-refractivity contribution in [3.05, 3.63) is 35.9 Å². The standard InChI is InChI=1S/C15H21O2/c1-2-6-14(7-3-1)8-5-11-16-12-13-17-15-9-4-10-15/h2-3,6-7,15H,4-5,8-13H2. The second-order valence-electron chi connectivity index (χ2n) is 4.55. The molecule has 2 heteroatoms. The molecule has 0 heterocycles. The Kier molecular flexibility index (Phi) is 5.53. The molecule has 1 aromatic rings. The number of hydrogen-bond acceptors (Lipinski definition) is 2. The number of aryl methyl sites for hydroxylation is 1. The van der Waals surface area contributed by atoms with Crippen molar-refractivity contribution < 1.29 is 9.47 Å². The molecule has 0 spiro atoms. The first-order chi connectivity index (χ1) is 8.45. The highest BCUT2D eigenvalue weighted by molar-refractivity contribution is 5.13. The van der Waals surface area contributed by atoms with Crippen LogP contribution in [-0.4, -0.2) is 25.9 Å². The molecule has 0 unspecified atom stereocenters. The molecular weight excluding hydrogens is 212 g/mol. The quantitative estimate of drug-likeness (QED) is 0.643. The van der Waals surface area contributed by atoms with Crippen LogP contribution >= 0.6 is 0 Å². The molecular formula is C15H21O2. The van der Waals surface area contributed by atoms with Crippen LogP contribution in [0.1, 0.15) is 31.2 Å². The summed E-state index contributed by atoms with van der Waals surface area (Å²) in [7, 11) is 0. The van der Waals surface area contributed by atoms with Gasteiger partial charge in [0, 0.05) is 6.61 Å². The van der Waals surface area contributed by atoms with Crippen molar-refractivity contribution in [1.82, 2.24) is 0 Å². The normalized spacial score (nSPS) is 15.8. The molecule has 0 N–H and O–H groups in total. The van der Waals surface area contributed by atoms with Crippen LogP contribution in [0, 0.1) is 6.07 Å². The molecule has 0 aliphatic heterocycles. The molecule has 0 atom stereocenters. The van der Waals surface area contributed by atoms with Crippen LogP contribution in [0.2, 0.25) is 0 Å². The highest BCUT2D eigenvalue weighted by Gasteiger charge is 2.16. The van der Waals surface area contributed by atoms with Gasteiger partial charge in [0.2, 0.25) is 0 Å². The monoisotopic (exact) mass is 233 g/mol. The Morgan fingerprint density at radius 2 is 1.94 bits per heavy atom. The zero-order valence-corrected chi connectivity index (χ0v) is 10.4. The molecule has 1 saturated carbocycles. The summed E-state index contributed by atoms with van der Waals surface area (Å²) in [4.78, 5) is 0. The number of ether oxygens (including phenoxy) is 2. The SMILES string of the molecule is [c]1ccc(CCCOCCOC2CCC2)cc1. The Balaban J connectivity index is 1.41. The summed E-state index contributed by atoms with van der Waals surface area (Å²) in [5, 5.41) is 0. The van der Waals surface area contributed by atoms with E-state index in [0.29, 0.717) is 6.10 Å². The minimum atomic E-state index is 0.527. The Hall–Kier alpha value is -0.860. The Bertz CT molecular complexity index is 293. The van der Waals surface area contributed by atoms with Crippen molar-refractivity contribution in [2.24, 2.45) is 0 Å². The Morgan fingerprint density at radius 3 is 2.65 bits per heavy atom. The van der Waals surface area contributed by atoms with Crippen LogP contribution in [0.4, 0.5) is 0 Å². The van der Waals surface area contributed by atoms with Gasteiger partial charge in [-0.2, -0.15) is 0 Å². The van der Waals surface area contributed by atoms with Gasteiger partial charge in [-0.25, -0.2) is 0 Å². The molecule has 1 aliphatic rings. The van der Waals surface area contributed by atoms with E-state index in [-0.39, 0.29) is 0 Å². The molecule has 93 valence electrons. The molecule has 1 fully saturated rings.